The average molecular weight is 247 g/mol. The Hall–Kier alpha value is -1.05. The van der Waals surface area contributed by atoms with Gasteiger partial charge in [-0.05, 0) is 26.2 Å². The maximum absolute atomic E-state index is 13.2. The normalized spacial score (nSPS) is 12.0. The van der Waals surface area contributed by atoms with Gasteiger partial charge in [-0.3, -0.25) is 0 Å². The first kappa shape index (κ1) is 13.0. The van der Waals surface area contributed by atoms with Gasteiger partial charge in [0.2, 0.25) is 5.03 Å². The second kappa shape index (κ2) is 5.33. The van der Waals surface area contributed by atoms with E-state index in [-0.39, 0.29) is 6.54 Å². The van der Waals surface area contributed by atoms with Crippen LogP contribution in [0.25, 0.3) is 0 Å². The highest BCUT2D eigenvalue weighted by Crippen LogP contribution is 2.08. The number of hydrogen-bond donors (Lipinski definition) is 1. The van der Waals surface area contributed by atoms with Crippen molar-refractivity contribution in [3.05, 3.63) is 24.1 Å². The molecule has 16 heavy (non-hydrogen) atoms. The van der Waals surface area contributed by atoms with E-state index in [0.717, 1.165) is 6.07 Å². The van der Waals surface area contributed by atoms with Gasteiger partial charge < -0.3 is 4.90 Å². The Morgan fingerprint density at radius 2 is 2.19 bits per heavy atom. The minimum absolute atomic E-state index is 0.214. The summed E-state index contributed by atoms with van der Waals surface area (Å²) in [5.41, 5.74) is 0. The van der Waals surface area contributed by atoms with Gasteiger partial charge in [0.1, 0.15) is 0 Å². The molecule has 0 aliphatic heterocycles. The number of nitrogens with one attached hydrogen (secondary N) is 1. The number of rotatable bonds is 5. The molecule has 90 valence electrons. The van der Waals surface area contributed by atoms with Gasteiger partial charge in [0.25, 0.3) is 10.0 Å². The van der Waals surface area contributed by atoms with E-state index in [1.54, 1.807) is 0 Å². The van der Waals surface area contributed by atoms with Crippen LogP contribution in [0.2, 0.25) is 0 Å². The zero-order chi connectivity index (χ0) is 12.2. The van der Waals surface area contributed by atoms with Gasteiger partial charge in [-0.25, -0.2) is 22.5 Å². The van der Waals surface area contributed by atoms with Crippen molar-refractivity contribution >= 4 is 10.0 Å². The van der Waals surface area contributed by atoms with Crippen molar-refractivity contribution < 1.29 is 12.8 Å². The maximum atomic E-state index is 13.2. The molecule has 1 aromatic heterocycles. The molecule has 0 saturated carbocycles. The van der Waals surface area contributed by atoms with E-state index in [2.05, 4.69) is 9.71 Å². The van der Waals surface area contributed by atoms with Crippen LogP contribution in [0, 0.1) is 5.82 Å². The first-order valence-electron chi connectivity index (χ1n) is 4.68. The highest BCUT2D eigenvalue weighted by Gasteiger charge is 2.19. The van der Waals surface area contributed by atoms with Crippen molar-refractivity contribution in [1.29, 1.82) is 0 Å². The standard InChI is InChI=1S/C9H14FN3O2S/c1-13(2)7-6-12-16(14,15)9-8(10)4-3-5-11-9/h3-5,12H,6-7H2,1-2H3. The van der Waals surface area contributed by atoms with Gasteiger partial charge in [-0.1, -0.05) is 0 Å². The average Bonchev–Trinajstić information content (AvgIpc) is 2.17. The lowest BCUT2D eigenvalue weighted by Crippen LogP contribution is -2.32. The zero-order valence-corrected chi connectivity index (χ0v) is 9.96. The van der Waals surface area contributed by atoms with Gasteiger partial charge >= 0.3 is 0 Å². The fraction of sp³-hybridized carbons (Fsp3) is 0.444. The van der Waals surface area contributed by atoms with E-state index >= 15 is 0 Å². The zero-order valence-electron chi connectivity index (χ0n) is 9.14. The Balaban J connectivity index is 2.75. The first-order valence-corrected chi connectivity index (χ1v) is 6.17. The molecule has 1 heterocycles. The number of pyridine rings is 1. The van der Waals surface area contributed by atoms with Crippen LogP contribution in [-0.4, -0.2) is 45.5 Å². The molecule has 1 aromatic rings. The molecule has 0 fully saturated rings. The predicted octanol–water partition coefficient (Wildman–Crippen LogP) is 0.0606. The van der Waals surface area contributed by atoms with E-state index in [9.17, 15) is 12.8 Å². The molecule has 0 atom stereocenters. The summed E-state index contributed by atoms with van der Waals surface area (Å²) in [6.07, 6.45) is 1.24. The number of sulfonamides is 1. The van der Waals surface area contributed by atoms with Crippen LogP contribution in [0.3, 0.4) is 0 Å². The summed E-state index contributed by atoms with van der Waals surface area (Å²) in [7, 11) is -0.219. The molecule has 1 N–H and O–H groups in total. The molecular formula is C9H14FN3O2S. The summed E-state index contributed by atoms with van der Waals surface area (Å²) >= 11 is 0. The Labute approximate surface area is 94.3 Å². The number of halogens is 1. The lowest BCUT2D eigenvalue weighted by atomic mass is 10.5. The highest BCUT2D eigenvalue weighted by atomic mass is 32.2. The van der Waals surface area contributed by atoms with Gasteiger partial charge in [0.15, 0.2) is 5.82 Å². The smallest absolute Gasteiger partial charge is 0.261 e. The number of aromatic nitrogens is 1. The lowest BCUT2D eigenvalue weighted by Gasteiger charge is -2.10. The lowest BCUT2D eigenvalue weighted by molar-refractivity contribution is 0.412. The largest absolute Gasteiger partial charge is 0.308 e. The highest BCUT2D eigenvalue weighted by molar-refractivity contribution is 7.89. The third kappa shape index (κ3) is 3.51. The number of likely N-dealkylation sites (N-methyl/N-ethyl adjacent to an activating group) is 1. The summed E-state index contributed by atoms with van der Waals surface area (Å²) in [6.45, 7) is 0.749. The Kier molecular flexibility index (Phi) is 4.34. The fourth-order valence-electron chi connectivity index (χ4n) is 1.04. The second-order valence-corrected chi connectivity index (χ2v) is 5.17. The first-order chi connectivity index (χ1) is 7.43. The quantitative estimate of drug-likeness (QED) is 0.799. The van der Waals surface area contributed by atoms with Crippen LogP contribution in [0.15, 0.2) is 23.4 Å². The molecule has 0 aliphatic rings. The van der Waals surface area contributed by atoms with E-state index < -0.39 is 20.9 Å². The molecule has 0 aliphatic carbocycles. The van der Waals surface area contributed by atoms with Crippen LogP contribution in [0.4, 0.5) is 4.39 Å². The van der Waals surface area contributed by atoms with Gasteiger partial charge in [0, 0.05) is 19.3 Å². The summed E-state index contributed by atoms with van der Waals surface area (Å²) in [5.74, 6) is -0.847. The molecule has 0 bridgehead atoms. The van der Waals surface area contributed by atoms with Crippen molar-refractivity contribution in [2.24, 2.45) is 0 Å². The van der Waals surface area contributed by atoms with Crippen molar-refractivity contribution in [3.63, 3.8) is 0 Å². The van der Waals surface area contributed by atoms with Gasteiger partial charge in [-0.15, -0.1) is 0 Å². The monoisotopic (exact) mass is 247 g/mol. The molecule has 7 heteroatoms. The summed E-state index contributed by atoms with van der Waals surface area (Å²) in [5, 5.41) is -0.561. The Morgan fingerprint density at radius 3 is 2.75 bits per heavy atom. The van der Waals surface area contributed by atoms with Crippen molar-refractivity contribution in [1.82, 2.24) is 14.6 Å². The third-order valence-corrected chi connectivity index (χ3v) is 3.22. The molecule has 0 amide bonds. The molecular weight excluding hydrogens is 233 g/mol. The van der Waals surface area contributed by atoms with E-state index in [1.165, 1.54) is 12.3 Å². The molecule has 1 rings (SSSR count). The van der Waals surface area contributed by atoms with E-state index in [0.29, 0.717) is 6.54 Å². The summed E-state index contributed by atoms with van der Waals surface area (Å²) in [6, 6.07) is 2.40. The van der Waals surface area contributed by atoms with Crippen LogP contribution in [0.1, 0.15) is 0 Å². The van der Waals surface area contributed by atoms with Crippen molar-refractivity contribution in [2.45, 2.75) is 5.03 Å². The van der Waals surface area contributed by atoms with Crippen LogP contribution < -0.4 is 4.72 Å². The van der Waals surface area contributed by atoms with Gasteiger partial charge in [-0.2, -0.15) is 0 Å². The van der Waals surface area contributed by atoms with Crippen LogP contribution in [-0.2, 0) is 10.0 Å². The molecule has 5 nitrogen and oxygen atoms in total. The van der Waals surface area contributed by atoms with Gasteiger partial charge in [0.05, 0.1) is 0 Å². The number of nitrogens with zero attached hydrogens (tertiary/aromatic N) is 2. The predicted molar refractivity (Wildman–Crippen MR) is 57.9 cm³/mol. The van der Waals surface area contributed by atoms with E-state index in [1.807, 2.05) is 19.0 Å². The maximum Gasteiger partial charge on any atom is 0.261 e. The SMILES string of the molecule is CN(C)CCNS(=O)(=O)c1ncccc1F. The summed E-state index contributed by atoms with van der Waals surface area (Å²) in [4.78, 5) is 5.33. The Morgan fingerprint density at radius 1 is 1.50 bits per heavy atom. The number of hydrogen-bond acceptors (Lipinski definition) is 4. The van der Waals surface area contributed by atoms with Crippen LogP contribution in [0.5, 0.6) is 0 Å². The molecule has 0 saturated heterocycles. The third-order valence-electron chi connectivity index (χ3n) is 1.83. The Bertz CT molecular complexity index is 448. The van der Waals surface area contributed by atoms with Crippen LogP contribution >= 0.6 is 0 Å². The summed E-state index contributed by atoms with van der Waals surface area (Å²) < 4.78 is 38.7. The topological polar surface area (TPSA) is 62.3 Å². The molecule has 0 unspecified atom stereocenters. The molecule has 0 spiro atoms. The minimum Gasteiger partial charge on any atom is -0.308 e. The molecule has 0 radical (unpaired) electrons. The second-order valence-electron chi connectivity index (χ2n) is 3.49. The minimum atomic E-state index is -3.85. The molecule has 0 aromatic carbocycles. The fourth-order valence-corrected chi connectivity index (χ4v) is 2.06. The van der Waals surface area contributed by atoms with Crippen molar-refractivity contribution in [3.8, 4) is 0 Å². The van der Waals surface area contributed by atoms with Crippen molar-refractivity contribution in [2.75, 3.05) is 27.2 Å². The van der Waals surface area contributed by atoms with E-state index in [4.69, 9.17) is 0 Å².